The Morgan fingerprint density at radius 1 is 1.07 bits per heavy atom. The molecule has 1 N–H and O–H groups in total. The summed E-state index contributed by atoms with van der Waals surface area (Å²) >= 11 is 0. The maximum absolute atomic E-state index is 9.50. The van der Waals surface area contributed by atoms with E-state index in [0.717, 1.165) is 23.7 Å². The molecule has 0 radical (unpaired) electrons. The fraction of sp³-hybridized carbons (Fsp3) is 0.846. The Balaban J connectivity index is 1.72. The van der Waals surface area contributed by atoms with Crippen LogP contribution < -0.4 is 0 Å². The van der Waals surface area contributed by atoms with E-state index < -0.39 is 6.29 Å². The molecule has 0 heterocycles. The molecule has 4 rings (SSSR count). The molecule has 0 aliphatic heterocycles. The number of aliphatic hydroxyl groups is 1. The van der Waals surface area contributed by atoms with Gasteiger partial charge in [0.1, 0.15) is 0 Å². The summed E-state index contributed by atoms with van der Waals surface area (Å²) < 4.78 is 5.71. The van der Waals surface area contributed by atoms with Gasteiger partial charge in [-0.3, -0.25) is 0 Å². The average Bonchev–Trinajstić information content (AvgIpc) is 2.22. The molecule has 84 valence electrons. The van der Waals surface area contributed by atoms with Gasteiger partial charge in [-0.05, 0) is 61.9 Å². The predicted molar refractivity (Wildman–Crippen MR) is 58.1 cm³/mol. The van der Waals surface area contributed by atoms with Gasteiger partial charge in [-0.1, -0.05) is 6.58 Å². The Kier molecular flexibility index (Phi) is 2.37. The van der Waals surface area contributed by atoms with Gasteiger partial charge in [0.15, 0.2) is 6.29 Å². The first-order chi connectivity index (χ1) is 7.26. The van der Waals surface area contributed by atoms with Gasteiger partial charge in [-0.2, -0.15) is 0 Å². The third kappa shape index (κ3) is 1.64. The van der Waals surface area contributed by atoms with Crippen molar-refractivity contribution in [1.29, 1.82) is 0 Å². The van der Waals surface area contributed by atoms with Crippen LogP contribution in [0.5, 0.6) is 0 Å². The maximum Gasteiger partial charge on any atom is 0.174 e. The Hall–Kier alpha value is -0.340. The first-order valence-electron chi connectivity index (χ1n) is 6.22. The zero-order valence-electron chi connectivity index (χ0n) is 9.14. The number of hydrogen-bond acceptors (Lipinski definition) is 2. The van der Waals surface area contributed by atoms with Crippen LogP contribution in [0.3, 0.4) is 0 Å². The average molecular weight is 208 g/mol. The Bertz CT molecular complexity index is 233. The van der Waals surface area contributed by atoms with Crippen LogP contribution in [0.4, 0.5) is 0 Å². The van der Waals surface area contributed by atoms with E-state index in [4.69, 9.17) is 4.74 Å². The van der Waals surface area contributed by atoms with Gasteiger partial charge < -0.3 is 9.84 Å². The van der Waals surface area contributed by atoms with E-state index in [1.165, 1.54) is 38.2 Å². The molecular formula is C13H20O2. The van der Waals surface area contributed by atoms with E-state index in [-0.39, 0.29) is 0 Å². The second kappa shape index (κ2) is 3.60. The lowest BCUT2D eigenvalue weighted by Crippen LogP contribution is -2.50. The minimum absolute atomic E-state index is 0.311. The molecule has 0 spiro atoms. The van der Waals surface area contributed by atoms with Crippen LogP contribution in [0.15, 0.2) is 12.7 Å². The summed E-state index contributed by atoms with van der Waals surface area (Å²) in [6.07, 6.45) is 7.85. The standard InChI is InChI=1S/C13H20O2/c1-2-12(14)15-13-10-4-8-3-9(6-10)7-11(13)5-8/h2,8-14H,1,3-7H2. The highest BCUT2D eigenvalue weighted by Gasteiger charge is 2.49. The molecule has 4 bridgehead atoms. The summed E-state index contributed by atoms with van der Waals surface area (Å²) in [6.45, 7) is 3.57. The number of aliphatic hydroxyl groups excluding tert-OH is 1. The summed E-state index contributed by atoms with van der Waals surface area (Å²) in [7, 11) is 0. The Morgan fingerprint density at radius 3 is 2.07 bits per heavy atom. The molecule has 0 aromatic carbocycles. The second-order valence-corrected chi connectivity index (χ2v) is 5.66. The van der Waals surface area contributed by atoms with Crippen molar-refractivity contribution in [3.05, 3.63) is 12.7 Å². The smallest absolute Gasteiger partial charge is 0.174 e. The second-order valence-electron chi connectivity index (χ2n) is 5.66. The molecule has 0 amide bonds. The molecule has 0 aromatic heterocycles. The van der Waals surface area contributed by atoms with Gasteiger partial charge in [0.2, 0.25) is 0 Å². The molecule has 1 unspecified atom stereocenters. The predicted octanol–water partition coefficient (Wildman–Crippen LogP) is 2.33. The molecule has 1 atom stereocenters. The summed E-state index contributed by atoms with van der Waals surface area (Å²) in [6, 6.07) is 0. The molecular weight excluding hydrogens is 188 g/mol. The van der Waals surface area contributed by atoms with E-state index in [2.05, 4.69) is 6.58 Å². The van der Waals surface area contributed by atoms with Crippen molar-refractivity contribution >= 4 is 0 Å². The van der Waals surface area contributed by atoms with Gasteiger partial charge in [-0.25, -0.2) is 0 Å². The Morgan fingerprint density at radius 2 is 1.60 bits per heavy atom. The van der Waals surface area contributed by atoms with Crippen molar-refractivity contribution in [2.24, 2.45) is 23.7 Å². The topological polar surface area (TPSA) is 29.5 Å². The molecule has 15 heavy (non-hydrogen) atoms. The zero-order valence-corrected chi connectivity index (χ0v) is 9.14. The van der Waals surface area contributed by atoms with Crippen molar-refractivity contribution in [1.82, 2.24) is 0 Å². The van der Waals surface area contributed by atoms with Crippen LogP contribution in [0.1, 0.15) is 32.1 Å². The fourth-order valence-electron chi connectivity index (χ4n) is 4.31. The van der Waals surface area contributed by atoms with Crippen LogP contribution in [0.25, 0.3) is 0 Å². The summed E-state index contributed by atoms with van der Waals surface area (Å²) in [5.41, 5.74) is 0. The molecule has 0 saturated heterocycles. The molecule has 4 aliphatic rings. The minimum Gasteiger partial charge on any atom is -0.365 e. The maximum atomic E-state index is 9.50. The lowest BCUT2D eigenvalue weighted by molar-refractivity contribution is -0.189. The van der Waals surface area contributed by atoms with Crippen molar-refractivity contribution in [3.63, 3.8) is 0 Å². The Labute approximate surface area is 91.3 Å². The van der Waals surface area contributed by atoms with Crippen molar-refractivity contribution in [2.45, 2.75) is 44.5 Å². The number of ether oxygens (including phenoxy) is 1. The number of hydrogen-bond donors (Lipinski definition) is 1. The first-order valence-corrected chi connectivity index (χ1v) is 6.22. The third-order valence-corrected chi connectivity index (χ3v) is 4.64. The highest BCUT2D eigenvalue weighted by Crippen LogP contribution is 2.54. The lowest BCUT2D eigenvalue weighted by atomic mass is 9.55. The molecule has 4 saturated carbocycles. The molecule has 4 fully saturated rings. The summed E-state index contributed by atoms with van der Waals surface area (Å²) in [4.78, 5) is 0. The van der Waals surface area contributed by atoms with E-state index in [0.29, 0.717) is 6.10 Å². The number of rotatable bonds is 3. The lowest BCUT2D eigenvalue weighted by Gasteiger charge is -2.54. The van der Waals surface area contributed by atoms with Crippen LogP contribution in [0.2, 0.25) is 0 Å². The third-order valence-electron chi connectivity index (χ3n) is 4.64. The zero-order chi connectivity index (χ0) is 10.4. The summed E-state index contributed by atoms with van der Waals surface area (Å²) in [5.74, 6) is 3.37. The highest BCUT2D eigenvalue weighted by molar-refractivity contribution is 4.99. The van der Waals surface area contributed by atoms with Crippen molar-refractivity contribution < 1.29 is 9.84 Å². The SMILES string of the molecule is C=CC(O)OC1C2CC3CC(C2)CC1C3. The fourth-order valence-corrected chi connectivity index (χ4v) is 4.31. The van der Waals surface area contributed by atoms with Gasteiger partial charge in [0.05, 0.1) is 6.10 Å². The van der Waals surface area contributed by atoms with Gasteiger partial charge >= 0.3 is 0 Å². The molecule has 4 aliphatic carbocycles. The van der Waals surface area contributed by atoms with Gasteiger partial charge in [0, 0.05) is 0 Å². The molecule has 0 aromatic rings. The van der Waals surface area contributed by atoms with Crippen molar-refractivity contribution in [3.8, 4) is 0 Å². The van der Waals surface area contributed by atoms with Crippen molar-refractivity contribution in [2.75, 3.05) is 0 Å². The highest BCUT2D eigenvalue weighted by atomic mass is 16.6. The van der Waals surface area contributed by atoms with E-state index in [9.17, 15) is 5.11 Å². The van der Waals surface area contributed by atoms with Crippen LogP contribution >= 0.6 is 0 Å². The van der Waals surface area contributed by atoms with Gasteiger partial charge in [0.25, 0.3) is 0 Å². The quantitative estimate of drug-likeness (QED) is 0.570. The van der Waals surface area contributed by atoms with E-state index in [1.54, 1.807) is 0 Å². The van der Waals surface area contributed by atoms with Crippen LogP contribution in [-0.4, -0.2) is 17.5 Å². The monoisotopic (exact) mass is 208 g/mol. The van der Waals surface area contributed by atoms with E-state index in [1.807, 2.05) is 0 Å². The molecule has 2 heteroatoms. The van der Waals surface area contributed by atoms with Crippen LogP contribution in [0, 0.1) is 23.7 Å². The largest absolute Gasteiger partial charge is 0.365 e. The minimum atomic E-state index is -0.757. The molecule has 2 nitrogen and oxygen atoms in total. The van der Waals surface area contributed by atoms with Crippen LogP contribution in [-0.2, 0) is 4.74 Å². The summed E-state index contributed by atoms with van der Waals surface area (Å²) in [5, 5.41) is 9.50. The normalized spacial score (nSPS) is 49.3. The first kappa shape index (κ1) is 9.86. The van der Waals surface area contributed by atoms with E-state index >= 15 is 0 Å². The van der Waals surface area contributed by atoms with Gasteiger partial charge in [-0.15, -0.1) is 0 Å².